The molecule has 57 heavy (non-hydrogen) atoms. The highest BCUT2D eigenvalue weighted by molar-refractivity contribution is 6.33. The number of anilines is 2. The number of carbonyl (C=O) groups excluding carboxylic acids is 2. The lowest BCUT2D eigenvalue weighted by Gasteiger charge is -2.36. The van der Waals surface area contributed by atoms with Gasteiger partial charge in [-0.15, -0.1) is 5.10 Å². The van der Waals surface area contributed by atoms with Crippen molar-refractivity contribution in [2.45, 2.75) is 63.2 Å². The molecule has 1 saturated carbocycles. The van der Waals surface area contributed by atoms with E-state index in [9.17, 15) is 46.2 Å². The van der Waals surface area contributed by atoms with E-state index < -0.39 is 71.4 Å². The number of piperazine rings is 1. The van der Waals surface area contributed by atoms with Crippen molar-refractivity contribution in [3.63, 3.8) is 0 Å². The van der Waals surface area contributed by atoms with Gasteiger partial charge in [0.15, 0.2) is 17.3 Å². The minimum Gasteiger partial charge on any atom is -0.504 e. The Morgan fingerprint density at radius 3 is 2.40 bits per heavy atom. The lowest BCUT2D eigenvalue weighted by Crippen LogP contribution is -2.51. The Kier molecular flexibility index (Phi) is 9.08. The largest absolute Gasteiger partial charge is 0.504 e. The van der Waals surface area contributed by atoms with Gasteiger partial charge in [-0.25, -0.2) is 18.7 Å². The number of fused-ring (bicyclic) bond motifs is 3. The number of nitrogens with one attached hydrogen (secondary N) is 1. The molecule has 298 valence electrons. The van der Waals surface area contributed by atoms with Crippen molar-refractivity contribution in [3.05, 3.63) is 91.2 Å². The van der Waals surface area contributed by atoms with Crippen LogP contribution in [0, 0.1) is 6.92 Å². The third-order valence-electron chi connectivity index (χ3n) is 10.7. The number of hydrogen-bond acceptors (Lipinski definition) is 10. The molecule has 0 spiro atoms. The summed E-state index contributed by atoms with van der Waals surface area (Å²) < 4.78 is 70.9. The van der Waals surface area contributed by atoms with Gasteiger partial charge in [-0.2, -0.15) is 22.7 Å². The SMILES string of the molecule is Cc1ncnc(C(=O)N2CCN(c3c4n(c5nc(-c6ccn(C7CC(F)(F)C7)c(=O)c6)nn5c3=O)C(C(=O)Nc3ccc(C(F)(F)F)cc3Cl)CC4C)CC2)c1O. The molecule has 8 rings (SSSR count). The molecule has 4 aromatic heterocycles. The molecule has 5 aromatic rings. The molecule has 2 N–H and O–H groups in total. The Hall–Kier alpha value is -5.92. The third-order valence-corrected chi connectivity index (χ3v) is 11.0. The highest BCUT2D eigenvalue weighted by atomic mass is 35.5. The molecule has 0 bridgehead atoms. The van der Waals surface area contributed by atoms with E-state index in [4.69, 9.17) is 11.6 Å². The molecule has 2 atom stereocenters. The lowest BCUT2D eigenvalue weighted by atomic mass is 9.88. The van der Waals surface area contributed by atoms with Crippen LogP contribution in [-0.2, 0) is 11.0 Å². The molecule has 2 fully saturated rings. The van der Waals surface area contributed by atoms with E-state index in [1.807, 2.05) is 0 Å². The quantitative estimate of drug-likeness (QED) is 0.227. The average Bonchev–Trinajstić information content (AvgIpc) is 3.74. The topological polar surface area (TPSA) is 173 Å². The first-order chi connectivity index (χ1) is 26.9. The molecule has 1 saturated heterocycles. The van der Waals surface area contributed by atoms with Gasteiger partial charge in [0.25, 0.3) is 22.9 Å². The third kappa shape index (κ3) is 6.64. The van der Waals surface area contributed by atoms with Crippen LogP contribution in [0.3, 0.4) is 0 Å². The lowest BCUT2D eigenvalue weighted by molar-refractivity contribution is -0.137. The average molecular weight is 815 g/mol. The Labute approximate surface area is 323 Å². The van der Waals surface area contributed by atoms with Crippen LogP contribution in [0.5, 0.6) is 5.75 Å². The number of benzene rings is 1. The van der Waals surface area contributed by atoms with E-state index in [-0.39, 0.29) is 83.3 Å². The summed E-state index contributed by atoms with van der Waals surface area (Å²) >= 11 is 6.18. The fraction of sp³-hybridized carbons (Fsp3) is 0.389. The van der Waals surface area contributed by atoms with Crippen LogP contribution in [0.1, 0.15) is 71.6 Å². The van der Waals surface area contributed by atoms with Gasteiger partial charge in [0.05, 0.1) is 27.7 Å². The normalized spacial score (nSPS) is 19.4. The minimum absolute atomic E-state index is 0.0667. The zero-order valence-corrected chi connectivity index (χ0v) is 30.9. The number of aromatic nitrogens is 7. The van der Waals surface area contributed by atoms with Crippen LogP contribution in [0.25, 0.3) is 17.2 Å². The first-order valence-electron chi connectivity index (χ1n) is 17.8. The predicted octanol–water partition coefficient (Wildman–Crippen LogP) is 4.82. The maximum atomic E-state index is 14.5. The van der Waals surface area contributed by atoms with Gasteiger partial charge in [-0.3, -0.25) is 23.7 Å². The van der Waals surface area contributed by atoms with Crippen LogP contribution in [0.15, 0.2) is 52.4 Å². The van der Waals surface area contributed by atoms with E-state index in [1.54, 1.807) is 11.8 Å². The zero-order valence-electron chi connectivity index (χ0n) is 30.1. The minimum atomic E-state index is -4.67. The van der Waals surface area contributed by atoms with Crippen molar-refractivity contribution in [1.82, 2.24) is 38.6 Å². The van der Waals surface area contributed by atoms with Crippen molar-refractivity contribution in [2.24, 2.45) is 0 Å². The monoisotopic (exact) mass is 814 g/mol. The Balaban J connectivity index is 1.18. The summed E-state index contributed by atoms with van der Waals surface area (Å²) in [6, 6.07) is 3.40. The van der Waals surface area contributed by atoms with Gasteiger partial charge in [0, 0.05) is 68.8 Å². The van der Waals surface area contributed by atoms with Crippen LogP contribution in [-0.4, -0.2) is 87.6 Å². The summed E-state index contributed by atoms with van der Waals surface area (Å²) in [4.78, 5) is 70.6. The maximum absolute atomic E-state index is 14.5. The van der Waals surface area contributed by atoms with Crippen LogP contribution < -0.4 is 21.3 Å². The number of aryl methyl sites for hydroxylation is 1. The number of alkyl halides is 5. The van der Waals surface area contributed by atoms with Gasteiger partial charge in [0.2, 0.25) is 11.7 Å². The summed E-state index contributed by atoms with van der Waals surface area (Å²) in [5.41, 5.74) is -1.44. The van der Waals surface area contributed by atoms with Gasteiger partial charge in [0.1, 0.15) is 18.1 Å². The first kappa shape index (κ1) is 38.0. The highest BCUT2D eigenvalue weighted by Gasteiger charge is 2.46. The molecular weight excluding hydrogens is 783 g/mol. The molecule has 2 aliphatic heterocycles. The second kappa shape index (κ2) is 13.6. The number of rotatable bonds is 6. The van der Waals surface area contributed by atoms with Crippen molar-refractivity contribution in [2.75, 3.05) is 36.4 Å². The fourth-order valence-electron chi connectivity index (χ4n) is 7.67. The molecule has 21 heteroatoms. The molecule has 6 heterocycles. The standard InChI is InChI=1S/C36H32ClF5N10O5/c1-17-11-24(31(55)45-23-4-3-20(13-22(23)37)36(40,41)42)51-27(17)28(48-7-9-49(10-8-48)32(56)26-29(54)18(2)43-16-44-26)33(57)52-34(51)46-30(47-52)19-5-6-50(25(53)12-19)21-14-35(38,39)15-21/h3-6,12-13,16-17,21,24,54H,7-11,14-15H2,1-2H3,(H,45,55). The second-order valence-electron chi connectivity index (χ2n) is 14.4. The highest BCUT2D eigenvalue weighted by Crippen LogP contribution is 2.45. The van der Waals surface area contributed by atoms with Crippen LogP contribution in [0.2, 0.25) is 5.02 Å². The van der Waals surface area contributed by atoms with Crippen molar-refractivity contribution in [1.29, 1.82) is 0 Å². The number of aromatic hydroxyl groups is 1. The van der Waals surface area contributed by atoms with Gasteiger partial charge < -0.3 is 24.8 Å². The number of carbonyl (C=O) groups is 2. The summed E-state index contributed by atoms with van der Waals surface area (Å²) in [5, 5.41) is 17.1. The van der Waals surface area contributed by atoms with Crippen LogP contribution in [0.4, 0.5) is 33.3 Å². The molecule has 2 unspecified atom stereocenters. The molecule has 3 aliphatic rings. The molecule has 1 aromatic carbocycles. The van der Waals surface area contributed by atoms with E-state index in [0.717, 1.165) is 16.6 Å². The first-order valence-corrected chi connectivity index (χ1v) is 18.2. The molecule has 15 nitrogen and oxygen atoms in total. The Morgan fingerprint density at radius 2 is 1.75 bits per heavy atom. The Morgan fingerprint density at radius 1 is 1.04 bits per heavy atom. The van der Waals surface area contributed by atoms with Crippen LogP contribution >= 0.6 is 11.6 Å². The molecular formula is C36H32ClF5N10O5. The zero-order chi connectivity index (χ0) is 40.7. The number of hydrogen-bond donors (Lipinski definition) is 2. The number of amides is 2. The predicted molar refractivity (Wildman–Crippen MR) is 194 cm³/mol. The molecule has 0 radical (unpaired) electrons. The second-order valence-corrected chi connectivity index (χ2v) is 14.8. The van der Waals surface area contributed by atoms with Gasteiger partial charge in [-0.05, 0) is 37.6 Å². The Bertz CT molecular complexity index is 2590. The summed E-state index contributed by atoms with van der Waals surface area (Å²) in [5.74, 6) is -4.99. The van der Waals surface area contributed by atoms with E-state index in [2.05, 4.69) is 25.4 Å². The van der Waals surface area contributed by atoms with E-state index >= 15 is 0 Å². The summed E-state index contributed by atoms with van der Waals surface area (Å²) in [6.07, 6.45) is -2.96. The van der Waals surface area contributed by atoms with E-state index in [0.29, 0.717) is 11.8 Å². The molecule has 2 amide bonds. The van der Waals surface area contributed by atoms with Crippen molar-refractivity contribution in [3.8, 4) is 17.1 Å². The maximum Gasteiger partial charge on any atom is 0.416 e. The van der Waals surface area contributed by atoms with Gasteiger partial charge in [-0.1, -0.05) is 18.5 Å². The summed E-state index contributed by atoms with van der Waals surface area (Å²) in [7, 11) is 0. The summed E-state index contributed by atoms with van der Waals surface area (Å²) in [6.45, 7) is 3.86. The number of pyridine rings is 1. The van der Waals surface area contributed by atoms with E-state index in [1.165, 1.54) is 45.6 Å². The van der Waals surface area contributed by atoms with Crippen molar-refractivity contribution < 1.29 is 36.6 Å². The number of halogens is 6. The fourth-order valence-corrected chi connectivity index (χ4v) is 7.90. The molecule has 1 aliphatic carbocycles. The number of nitrogens with zero attached hydrogens (tertiary/aromatic N) is 9. The van der Waals surface area contributed by atoms with Gasteiger partial charge >= 0.3 is 6.18 Å². The smallest absolute Gasteiger partial charge is 0.416 e. The van der Waals surface area contributed by atoms with Crippen molar-refractivity contribution >= 4 is 40.6 Å².